The van der Waals surface area contributed by atoms with Crippen LogP contribution < -0.4 is 10.0 Å². The summed E-state index contributed by atoms with van der Waals surface area (Å²) in [6.45, 7) is 3.53. The summed E-state index contributed by atoms with van der Waals surface area (Å²) in [4.78, 5) is 22.6. The zero-order chi connectivity index (χ0) is 19.5. The molecule has 0 saturated carbocycles. The molecular weight excluding hydrogens is 424 g/mol. The molecule has 0 aliphatic heterocycles. The molecule has 0 heterocycles. The monoisotopic (exact) mass is 440 g/mol. The van der Waals surface area contributed by atoms with Crippen LogP contribution in [0.3, 0.4) is 0 Å². The van der Waals surface area contributed by atoms with Crippen molar-refractivity contribution in [2.45, 2.75) is 18.7 Å². The fourth-order valence-corrected chi connectivity index (χ4v) is 3.46. The van der Waals surface area contributed by atoms with Crippen LogP contribution in [-0.4, -0.2) is 25.4 Å². The molecule has 0 unspecified atom stereocenters. The SMILES string of the molecule is CC(C)C(=O)Nc1ccc(NS(=O)(=O)c2ccc(Br)c(C(=O)O)c2)cc1. The van der Waals surface area contributed by atoms with Crippen LogP contribution in [0.4, 0.5) is 11.4 Å². The van der Waals surface area contributed by atoms with Crippen molar-refractivity contribution in [2.24, 2.45) is 5.92 Å². The number of carbonyl (C=O) groups excluding carboxylic acids is 1. The summed E-state index contributed by atoms with van der Waals surface area (Å²) in [6, 6.07) is 9.89. The van der Waals surface area contributed by atoms with Gasteiger partial charge in [0.2, 0.25) is 5.91 Å². The van der Waals surface area contributed by atoms with Crippen molar-refractivity contribution in [3.63, 3.8) is 0 Å². The van der Waals surface area contributed by atoms with Gasteiger partial charge in [-0.2, -0.15) is 0 Å². The van der Waals surface area contributed by atoms with Crippen molar-refractivity contribution in [3.05, 3.63) is 52.5 Å². The second-order valence-corrected chi connectivity index (χ2v) is 8.31. The zero-order valence-electron chi connectivity index (χ0n) is 14.0. The maximum atomic E-state index is 12.5. The fraction of sp³-hybridized carbons (Fsp3) is 0.176. The Morgan fingerprint density at radius 1 is 1.04 bits per heavy atom. The Morgan fingerprint density at radius 2 is 1.62 bits per heavy atom. The van der Waals surface area contributed by atoms with Gasteiger partial charge in [-0.25, -0.2) is 13.2 Å². The van der Waals surface area contributed by atoms with E-state index in [4.69, 9.17) is 5.11 Å². The van der Waals surface area contributed by atoms with Gasteiger partial charge in [0.15, 0.2) is 0 Å². The lowest BCUT2D eigenvalue weighted by Gasteiger charge is -2.11. The second-order valence-electron chi connectivity index (χ2n) is 5.77. The largest absolute Gasteiger partial charge is 0.478 e. The van der Waals surface area contributed by atoms with Crippen LogP contribution in [-0.2, 0) is 14.8 Å². The van der Waals surface area contributed by atoms with Crippen LogP contribution in [0.15, 0.2) is 51.8 Å². The molecule has 2 aromatic carbocycles. The number of anilines is 2. The molecule has 1 amide bonds. The van der Waals surface area contributed by atoms with Crippen molar-refractivity contribution in [1.82, 2.24) is 0 Å². The van der Waals surface area contributed by atoms with Gasteiger partial charge >= 0.3 is 5.97 Å². The summed E-state index contributed by atoms with van der Waals surface area (Å²) in [7, 11) is -3.96. The van der Waals surface area contributed by atoms with Crippen molar-refractivity contribution in [2.75, 3.05) is 10.0 Å². The molecule has 26 heavy (non-hydrogen) atoms. The minimum atomic E-state index is -3.96. The highest BCUT2D eigenvalue weighted by Crippen LogP contribution is 2.23. The maximum Gasteiger partial charge on any atom is 0.336 e. The van der Waals surface area contributed by atoms with E-state index >= 15 is 0 Å². The van der Waals surface area contributed by atoms with Gasteiger partial charge in [-0.3, -0.25) is 9.52 Å². The van der Waals surface area contributed by atoms with Gasteiger partial charge in [-0.15, -0.1) is 0 Å². The Hall–Kier alpha value is -2.39. The van der Waals surface area contributed by atoms with Gasteiger partial charge in [0, 0.05) is 21.8 Å². The number of benzene rings is 2. The third-order valence-electron chi connectivity index (χ3n) is 3.41. The molecule has 0 atom stereocenters. The first-order valence-electron chi connectivity index (χ1n) is 7.57. The Morgan fingerprint density at radius 3 is 2.15 bits per heavy atom. The topological polar surface area (TPSA) is 113 Å². The van der Waals surface area contributed by atoms with Gasteiger partial charge in [0.25, 0.3) is 10.0 Å². The highest BCUT2D eigenvalue weighted by Gasteiger charge is 2.18. The number of hydrogen-bond donors (Lipinski definition) is 3. The molecular formula is C17H17BrN2O5S. The normalized spacial score (nSPS) is 11.2. The minimum absolute atomic E-state index is 0.144. The van der Waals surface area contributed by atoms with E-state index in [2.05, 4.69) is 26.0 Å². The van der Waals surface area contributed by atoms with Crippen molar-refractivity contribution in [1.29, 1.82) is 0 Å². The Kier molecular flexibility index (Phi) is 6.04. The highest BCUT2D eigenvalue weighted by atomic mass is 79.9. The Bertz CT molecular complexity index is 940. The van der Waals surface area contributed by atoms with E-state index in [1.807, 2.05) is 0 Å². The van der Waals surface area contributed by atoms with Crippen LogP contribution in [0.25, 0.3) is 0 Å². The smallest absolute Gasteiger partial charge is 0.336 e. The van der Waals surface area contributed by atoms with Crippen molar-refractivity contribution >= 4 is 49.2 Å². The van der Waals surface area contributed by atoms with Crippen LogP contribution in [0.2, 0.25) is 0 Å². The van der Waals surface area contributed by atoms with Gasteiger partial charge < -0.3 is 10.4 Å². The molecule has 0 aliphatic carbocycles. The molecule has 2 rings (SSSR count). The number of halogens is 1. The van der Waals surface area contributed by atoms with E-state index in [1.54, 1.807) is 26.0 Å². The number of carboxylic acid groups (broad SMARTS) is 1. The molecule has 138 valence electrons. The molecule has 0 radical (unpaired) electrons. The predicted octanol–water partition coefficient (Wildman–Crippen LogP) is 3.54. The van der Waals surface area contributed by atoms with Crippen LogP contribution >= 0.6 is 15.9 Å². The summed E-state index contributed by atoms with van der Waals surface area (Å²) >= 11 is 3.07. The van der Waals surface area contributed by atoms with Crippen molar-refractivity contribution in [3.8, 4) is 0 Å². The standard InChI is InChI=1S/C17H17BrN2O5S/c1-10(2)16(21)19-11-3-5-12(6-4-11)20-26(24,25)13-7-8-15(18)14(9-13)17(22)23/h3-10,20H,1-2H3,(H,19,21)(H,22,23). The van der Waals surface area contributed by atoms with Crippen LogP contribution in [0, 0.1) is 5.92 Å². The number of hydrogen-bond acceptors (Lipinski definition) is 4. The molecule has 2 aromatic rings. The molecule has 9 heteroatoms. The average Bonchev–Trinajstić information content (AvgIpc) is 2.56. The number of amides is 1. The Balaban J connectivity index is 2.20. The van der Waals surface area contributed by atoms with E-state index in [0.29, 0.717) is 5.69 Å². The highest BCUT2D eigenvalue weighted by molar-refractivity contribution is 9.10. The van der Waals surface area contributed by atoms with Crippen LogP contribution in [0.1, 0.15) is 24.2 Å². The summed E-state index contributed by atoms with van der Waals surface area (Å²) < 4.78 is 27.6. The number of carbonyl (C=O) groups is 2. The zero-order valence-corrected chi connectivity index (χ0v) is 16.4. The average molecular weight is 441 g/mol. The number of rotatable bonds is 6. The van der Waals surface area contributed by atoms with Gasteiger partial charge in [0.1, 0.15) is 0 Å². The van der Waals surface area contributed by atoms with Gasteiger partial charge in [-0.05, 0) is 58.4 Å². The molecule has 0 spiro atoms. The molecule has 0 aromatic heterocycles. The molecule has 3 N–H and O–H groups in total. The summed E-state index contributed by atoms with van der Waals surface area (Å²) in [5, 5.41) is 11.8. The number of sulfonamides is 1. The van der Waals surface area contributed by atoms with E-state index in [0.717, 1.165) is 6.07 Å². The van der Waals surface area contributed by atoms with E-state index in [9.17, 15) is 18.0 Å². The number of carboxylic acids is 1. The summed E-state index contributed by atoms with van der Waals surface area (Å²) in [5.41, 5.74) is 0.676. The lowest BCUT2D eigenvalue weighted by molar-refractivity contribution is -0.118. The number of nitrogens with one attached hydrogen (secondary N) is 2. The third kappa shape index (κ3) is 4.83. The molecule has 0 aliphatic rings. The lowest BCUT2D eigenvalue weighted by Crippen LogP contribution is -2.17. The third-order valence-corrected chi connectivity index (χ3v) is 5.48. The van der Waals surface area contributed by atoms with Gasteiger partial charge in [0.05, 0.1) is 10.5 Å². The van der Waals surface area contributed by atoms with E-state index in [-0.39, 0.29) is 32.4 Å². The summed E-state index contributed by atoms with van der Waals surface area (Å²) in [6.07, 6.45) is 0. The van der Waals surface area contributed by atoms with E-state index < -0.39 is 16.0 Å². The van der Waals surface area contributed by atoms with E-state index in [1.165, 1.54) is 24.3 Å². The molecule has 0 bridgehead atoms. The predicted molar refractivity (Wildman–Crippen MR) is 102 cm³/mol. The number of aromatic carboxylic acids is 1. The maximum absolute atomic E-state index is 12.5. The Labute approximate surface area is 159 Å². The molecule has 0 saturated heterocycles. The first-order chi connectivity index (χ1) is 12.1. The lowest BCUT2D eigenvalue weighted by atomic mass is 10.2. The molecule has 0 fully saturated rings. The van der Waals surface area contributed by atoms with Crippen LogP contribution in [0.5, 0.6) is 0 Å². The van der Waals surface area contributed by atoms with Crippen molar-refractivity contribution < 1.29 is 23.1 Å². The minimum Gasteiger partial charge on any atom is -0.478 e. The quantitative estimate of drug-likeness (QED) is 0.635. The second kappa shape index (κ2) is 7.88. The first kappa shape index (κ1) is 19.9. The fourth-order valence-electron chi connectivity index (χ4n) is 1.96. The van der Waals surface area contributed by atoms with Gasteiger partial charge in [-0.1, -0.05) is 13.8 Å². The molecule has 7 nitrogen and oxygen atoms in total. The first-order valence-corrected chi connectivity index (χ1v) is 9.84. The summed E-state index contributed by atoms with van der Waals surface area (Å²) in [5.74, 6) is -1.55.